The highest BCUT2D eigenvalue weighted by Gasteiger charge is 2.30. The summed E-state index contributed by atoms with van der Waals surface area (Å²) in [4.78, 5) is 13.8. The SMILES string of the molecule is CC1CCC(N(C)CC(NC2CC2)C(N)=O)CC1. The van der Waals surface area contributed by atoms with Crippen molar-refractivity contribution in [2.75, 3.05) is 13.6 Å². The van der Waals surface area contributed by atoms with Gasteiger partial charge in [0, 0.05) is 18.6 Å². The molecule has 0 saturated heterocycles. The van der Waals surface area contributed by atoms with Gasteiger partial charge in [-0.25, -0.2) is 0 Å². The highest BCUT2D eigenvalue weighted by molar-refractivity contribution is 5.80. The first-order valence-corrected chi connectivity index (χ1v) is 7.32. The summed E-state index contributed by atoms with van der Waals surface area (Å²) in [5.74, 6) is 0.657. The van der Waals surface area contributed by atoms with Crippen LogP contribution >= 0.6 is 0 Å². The molecule has 1 atom stereocenters. The fourth-order valence-electron chi connectivity index (χ4n) is 2.88. The Morgan fingerprint density at radius 3 is 2.39 bits per heavy atom. The van der Waals surface area contributed by atoms with E-state index < -0.39 is 0 Å². The molecule has 0 aliphatic heterocycles. The lowest BCUT2D eigenvalue weighted by Gasteiger charge is -2.35. The van der Waals surface area contributed by atoms with Crippen molar-refractivity contribution in [1.29, 1.82) is 0 Å². The number of primary amides is 1. The van der Waals surface area contributed by atoms with Crippen molar-refractivity contribution in [1.82, 2.24) is 10.2 Å². The second-order valence-corrected chi connectivity index (χ2v) is 6.25. The minimum absolute atomic E-state index is 0.179. The first-order valence-electron chi connectivity index (χ1n) is 7.32. The minimum Gasteiger partial charge on any atom is -0.368 e. The van der Waals surface area contributed by atoms with E-state index in [1.54, 1.807) is 0 Å². The number of amides is 1. The molecule has 2 rings (SSSR count). The summed E-state index contributed by atoms with van der Waals surface area (Å²) in [7, 11) is 2.13. The second-order valence-electron chi connectivity index (χ2n) is 6.25. The van der Waals surface area contributed by atoms with Gasteiger partial charge in [0.1, 0.15) is 0 Å². The van der Waals surface area contributed by atoms with Gasteiger partial charge < -0.3 is 16.0 Å². The first-order chi connectivity index (χ1) is 8.56. The van der Waals surface area contributed by atoms with Crippen LogP contribution in [0.15, 0.2) is 0 Å². The first kappa shape index (κ1) is 13.8. The average Bonchev–Trinajstić information content (AvgIpc) is 3.12. The lowest BCUT2D eigenvalue weighted by molar-refractivity contribution is -0.120. The molecule has 2 saturated carbocycles. The third-order valence-corrected chi connectivity index (χ3v) is 4.44. The molecule has 0 radical (unpaired) electrons. The zero-order valence-electron chi connectivity index (χ0n) is 11.7. The quantitative estimate of drug-likeness (QED) is 0.745. The summed E-state index contributed by atoms with van der Waals surface area (Å²) in [5, 5.41) is 3.35. The van der Waals surface area contributed by atoms with Crippen LogP contribution in [0.5, 0.6) is 0 Å². The van der Waals surface area contributed by atoms with Crippen LogP contribution in [-0.2, 0) is 4.79 Å². The van der Waals surface area contributed by atoms with Crippen molar-refractivity contribution >= 4 is 5.91 Å². The molecule has 2 aliphatic carbocycles. The van der Waals surface area contributed by atoms with Crippen molar-refractivity contribution < 1.29 is 4.79 Å². The van der Waals surface area contributed by atoms with Gasteiger partial charge in [-0.15, -0.1) is 0 Å². The van der Waals surface area contributed by atoms with Crippen molar-refractivity contribution in [2.45, 2.75) is 63.6 Å². The fourth-order valence-corrected chi connectivity index (χ4v) is 2.88. The average molecular weight is 253 g/mol. The molecule has 2 fully saturated rings. The van der Waals surface area contributed by atoms with Crippen molar-refractivity contribution in [2.24, 2.45) is 11.7 Å². The van der Waals surface area contributed by atoms with Crippen LogP contribution in [0.25, 0.3) is 0 Å². The molecule has 0 aromatic rings. The summed E-state index contributed by atoms with van der Waals surface area (Å²) in [5.41, 5.74) is 5.48. The molecule has 0 aromatic carbocycles. The molecular weight excluding hydrogens is 226 g/mol. The van der Waals surface area contributed by atoms with Gasteiger partial charge in [0.15, 0.2) is 0 Å². The Labute approximate surface area is 110 Å². The third kappa shape index (κ3) is 3.95. The second kappa shape index (κ2) is 6.02. The Hall–Kier alpha value is -0.610. The van der Waals surface area contributed by atoms with E-state index in [9.17, 15) is 4.79 Å². The number of likely N-dealkylation sites (N-methyl/N-ethyl adjacent to an activating group) is 1. The summed E-state index contributed by atoms with van der Waals surface area (Å²) in [6.45, 7) is 3.09. The normalized spacial score (nSPS) is 30.4. The highest BCUT2D eigenvalue weighted by atomic mass is 16.1. The maximum atomic E-state index is 11.5. The molecule has 0 aromatic heterocycles. The Morgan fingerprint density at radius 2 is 1.89 bits per heavy atom. The van der Waals surface area contributed by atoms with Gasteiger partial charge in [-0.2, -0.15) is 0 Å². The zero-order valence-corrected chi connectivity index (χ0v) is 11.7. The Balaban J connectivity index is 1.79. The molecule has 4 nitrogen and oxygen atoms in total. The van der Waals surface area contributed by atoms with Crippen LogP contribution in [0.2, 0.25) is 0 Å². The van der Waals surface area contributed by atoms with Crippen LogP contribution < -0.4 is 11.1 Å². The Kier molecular flexibility index (Phi) is 4.62. The van der Waals surface area contributed by atoms with Crippen molar-refractivity contribution in [3.63, 3.8) is 0 Å². The lowest BCUT2D eigenvalue weighted by Crippen LogP contribution is -2.51. The molecule has 4 heteroatoms. The summed E-state index contributed by atoms with van der Waals surface area (Å²) in [6, 6.07) is 0.980. The van der Waals surface area contributed by atoms with E-state index in [2.05, 4.69) is 24.2 Å². The number of carbonyl (C=O) groups excluding carboxylic acids is 1. The number of carbonyl (C=O) groups is 1. The predicted molar refractivity (Wildman–Crippen MR) is 73.2 cm³/mol. The standard InChI is InChI=1S/C14H27N3O/c1-10-3-7-12(8-4-10)17(2)9-13(14(15)18)16-11-5-6-11/h10-13,16H,3-9H2,1-2H3,(H2,15,18). The number of hydrogen-bond acceptors (Lipinski definition) is 3. The van der Waals surface area contributed by atoms with Crippen LogP contribution in [0.1, 0.15) is 45.4 Å². The molecule has 2 aliphatic rings. The van der Waals surface area contributed by atoms with Gasteiger partial charge in [-0.05, 0) is 51.5 Å². The number of hydrogen-bond donors (Lipinski definition) is 2. The molecule has 104 valence electrons. The molecule has 18 heavy (non-hydrogen) atoms. The minimum atomic E-state index is -0.210. The molecular formula is C14H27N3O. The summed E-state index contributed by atoms with van der Waals surface area (Å²) in [6.07, 6.45) is 7.51. The fraction of sp³-hybridized carbons (Fsp3) is 0.929. The van der Waals surface area contributed by atoms with Crippen LogP contribution in [0.4, 0.5) is 0 Å². The maximum Gasteiger partial charge on any atom is 0.235 e. The van der Waals surface area contributed by atoms with Crippen LogP contribution in [-0.4, -0.2) is 42.5 Å². The monoisotopic (exact) mass is 253 g/mol. The Morgan fingerprint density at radius 1 is 1.28 bits per heavy atom. The van der Waals surface area contributed by atoms with E-state index in [1.165, 1.54) is 38.5 Å². The van der Waals surface area contributed by atoms with Crippen molar-refractivity contribution in [3.05, 3.63) is 0 Å². The summed E-state index contributed by atoms with van der Waals surface area (Å²) < 4.78 is 0. The van der Waals surface area contributed by atoms with Gasteiger partial charge in [-0.3, -0.25) is 4.79 Å². The highest BCUT2D eigenvalue weighted by Crippen LogP contribution is 2.26. The number of nitrogens with zero attached hydrogens (tertiary/aromatic N) is 1. The van der Waals surface area contributed by atoms with Crippen molar-refractivity contribution in [3.8, 4) is 0 Å². The van der Waals surface area contributed by atoms with Gasteiger partial charge in [-0.1, -0.05) is 6.92 Å². The van der Waals surface area contributed by atoms with Gasteiger partial charge >= 0.3 is 0 Å². The third-order valence-electron chi connectivity index (χ3n) is 4.44. The Bertz CT molecular complexity index is 283. The topological polar surface area (TPSA) is 58.4 Å². The van der Waals surface area contributed by atoms with E-state index in [-0.39, 0.29) is 11.9 Å². The number of nitrogens with two attached hydrogens (primary N) is 1. The lowest BCUT2D eigenvalue weighted by atomic mass is 9.86. The summed E-state index contributed by atoms with van der Waals surface area (Å²) >= 11 is 0. The van der Waals surface area contributed by atoms with Crippen LogP contribution in [0, 0.1) is 5.92 Å². The van der Waals surface area contributed by atoms with Crippen LogP contribution in [0.3, 0.4) is 0 Å². The molecule has 0 spiro atoms. The molecule has 3 N–H and O–H groups in total. The molecule has 0 bridgehead atoms. The van der Waals surface area contributed by atoms with Gasteiger partial charge in [0.2, 0.25) is 5.91 Å². The maximum absolute atomic E-state index is 11.5. The van der Waals surface area contributed by atoms with E-state index in [0.717, 1.165) is 12.5 Å². The zero-order chi connectivity index (χ0) is 13.1. The van der Waals surface area contributed by atoms with E-state index >= 15 is 0 Å². The number of rotatable bonds is 6. The predicted octanol–water partition coefficient (Wildman–Crippen LogP) is 1.10. The molecule has 0 heterocycles. The van der Waals surface area contributed by atoms with Gasteiger partial charge in [0.05, 0.1) is 6.04 Å². The molecule has 1 unspecified atom stereocenters. The number of nitrogens with one attached hydrogen (secondary N) is 1. The van der Waals surface area contributed by atoms with Gasteiger partial charge in [0.25, 0.3) is 0 Å². The molecule has 1 amide bonds. The largest absolute Gasteiger partial charge is 0.368 e. The smallest absolute Gasteiger partial charge is 0.235 e. The van der Waals surface area contributed by atoms with E-state index in [0.29, 0.717) is 12.1 Å². The van der Waals surface area contributed by atoms with E-state index in [1.807, 2.05) is 0 Å². The van der Waals surface area contributed by atoms with E-state index in [4.69, 9.17) is 5.73 Å².